The van der Waals surface area contributed by atoms with Crippen LogP contribution in [-0.2, 0) is 0 Å². The van der Waals surface area contributed by atoms with Gasteiger partial charge < -0.3 is 10.2 Å². The van der Waals surface area contributed by atoms with Crippen molar-refractivity contribution in [3.63, 3.8) is 0 Å². The van der Waals surface area contributed by atoms with Crippen molar-refractivity contribution in [2.75, 3.05) is 20.1 Å². The Hall–Kier alpha value is -0.0800. The van der Waals surface area contributed by atoms with Crippen LogP contribution >= 0.6 is 0 Å². The summed E-state index contributed by atoms with van der Waals surface area (Å²) in [6.45, 7) is 7.24. The van der Waals surface area contributed by atoms with Crippen LogP contribution in [0.5, 0.6) is 0 Å². The molecule has 2 aliphatic rings. The van der Waals surface area contributed by atoms with Gasteiger partial charge in [-0.15, -0.1) is 0 Å². The summed E-state index contributed by atoms with van der Waals surface area (Å²) in [6, 6.07) is 1.56. The van der Waals surface area contributed by atoms with E-state index >= 15 is 0 Å². The third-order valence-corrected chi connectivity index (χ3v) is 4.80. The third kappa shape index (κ3) is 4.55. The van der Waals surface area contributed by atoms with Crippen LogP contribution in [0.25, 0.3) is 0 Å². The first-order valence-corrected chi connectivity index (χ1v) is 8.10. The first-order valence-electron chi connectivity index (χ1n) is 8.10. The van der Waals surface area contributed by atoms with Crippen LogP contribution < -0.4 is 5.32 Å². The van der Waals surface area contributed by atoms with Crippen LogP contribution in [-0.4, -0.2) is 37.1 Å². The van der Waals surface area contributed by atoms with Gasteiger partial charge in [0.05, 0.1) is 0 Å². The van der Waals surface area contributed by atoms with E-state index in [-0.39, 0.29) is 0 Å². The van der Waals surface area contributed by atoms with Crippen molar-refractivity contribution in [3.05, 3.63) is 0 Å². The van der Waals surface area contributed by atoms with Gasteiger partial charge in [0.1, 0.15) is 0 Å². The molecule has 0 aromatic carbocycles. The Bertz CT molecular complexity index is 229. The molecule has 0 aliphatic heterocycles. The molecule has 0 spiro atoms. The molecule has 1 atom stereocenters. The van der Waals surface area contributed by atoms with Gasteiger partial charge in [0.2, 0.25) is 0 Å². The Morgan fingerprint density at radius 3 is 2.28 bits per heavy atom. The summed E-state index contributed by atoms with van der Waals surface area (Å²) in [4.78, 5) is 2.63. The fourth-order valence-corrected chi connectivity index (χ4v) is 3.39. The van der Waals surface area contributed by atoms with Gasteiger partial charge in [-0.25, -0.2) is 0 Å². The maximum atomic E-state index is 3.71. The normalized spacial score (nSPS) is 23.8. The van der Waals surface area contributed by atoms with Crippen molar-refractivity contribution in [2.45, 2.75) is 70.9 Å². The van der Waals surface area contributed by atoms with E-state index in [9.17, 15) is 0 Å². The summed E-state index contributed by atoms with van der Waals surface area (Å²) < 4.78 is 0. The quantitative estimate of drug-likeness (QED) is 0.748. The molecule has 2 saturated carbocycles. The second-order valence-corrected chi connectivity index (χ2v) is 6.94. The van der Waals surface area contributed by atoms with Crippen molar-refractivity contribution in [2.24, 2.45) is 11.8 Å². The van der Waals surface area contributed by atoms with Gasteiger partial charge in [-0.1, -0.05) is 33.1 Å². The summed E-state index contributed by atoms with van der Waals surface area (Å²) in [5.74, 6) is 1.72. The number of likely N-dealkylation sites (N-methyl/N-ethyl adjacent to an activating group) is 1. The van der Waals surface area contributed by atoms with Gasteiger partial charge in [0.15, 0.2) is 0 Å². The Morgan fingerprint density at radius 1 is 1.06 bits per heavy atom. The molecule has 2 rings (SSSR count). The molecule has 1 unspecified atom stereocenters. The molecule has 2 aliphatic carbocycles. The summed E-state index contributed by atoms with van der Waals surface area (Å²) in [7, 11) is 2.34. The molecule has 106 valence electrons. The predicted molar refractivity (Wildman–Crippen MR) is 78.9 cm³/mol. The number of hydrogen-bond donors (Lipinski definition) is 1. The Balaban J connectivity index is 1.75. The highest BCUT2D eigenvalue weighted by atomic mass is 15.2. The topological polar surface area (TPSA) is 15.3 Å². The van der Waals surface area contributed by atoms with Gasteiger partial charge in [-0.05, 0) is 44.6 Å². The van der Waals surface area contributed by atoms with E-state index in [1.165, 1.54) is 58.0 Å². The molecular formula is C16H32N2. The molecule has 1 N–H and O–H groups in total. The average Bonchev–Trinajstić information content (AvgIpc) is 3.14. The standard InChI is InChI=1S/C16H32N2/c1-13(2)16(11-17-15-9-10-15)18(3)12-14-7-5-4-6-8-14/h13-17H,4-12H2,1-3H3. The maximum absolute atomic E-state index is 3.71. The van der Waals surface area contributed by atoms with Crippen LogP contribution in [0.1, 0.15) is 58.8 Å². The SMILES string of the molecule is CC(C)C(CNC1CC1)N(C)CC1CCCCC1. The van der Waals surface area contributed by atoms with Crippen molar-refractivity contribution in [3.8, 4) is 0 Å². The van der Waals surface area contributed by atoms with E-state index in [0.717, 1.165) is 17.9 Å². The van der Waals surface area contributed by atoms with Crippen LogP contribution in [0.3, 0.4) is 0 Å². The monoisotopic (exact) mass is 252 g/mol. The zero-order valence-electron chi connectivity index (χ0n) is 12.6. The lowest BCUT2D eigenvalue weighted by Gasteiger charge is -2.35. The second kappa shape index (κ2) is 6.91. The fourth-order valence-electron chi connectivity index (χ4n) is 3.39. The first kappa shape index (κ1) is 14.3. The van der Waals surface area contributed by atoms with Crippen molar-refractivity contribution >= 4 is 0 Å². The van der Waals surface area contributed by atoms with Crippen LogP contribution in [0.15, 0.2) is 0 Å². The highest BCUT2D eigenvalue weighted by Crippen LogP contribution is 2.25. The third-order valence-electron chi connectivity index (χ3n) is 4.80. The predicted octanol–water partition coefficient (Wildman–Crippen LogP) is 3.28. The molecule has 2 heteroatoms. The Labute approximate surface area is 114 Å². The van der Waals surface area contributed by atoms with Crippen molar-refractivity contribution in [1.82, 2.24) is 10.2 Å². The lowest BCUT2D eigenvalue weighted by molar-refractivity contribution is 0.146. The molecule has 0 aromatic rings. The molecule has 0 amide bonds. The van der Waals surface area contributed by atoms with Gasteiger partial charge in [0.25, 0.3) is 0 Å². The van der Waals surface area contributed by atoms with E-state index in [4.69, 9.17) is 0 Å². The summed E-state index contributed by atoms with van der Waals surface area (Å²) >= 11 is 0. The van der Waals surface area contributed by atoms with Crippen molar-refractivity contribution < 1.29 is 0 Å². The van der Waals surface area contributed by atoms with Crippen LogP contribution in [0, 0.1) is 11.8 Å². The lowest BCUT2D eigenvalue weighted by Crippen LogP contribution is -2.46. The molecule has 0 radical (unpaired) electrons. The van der Waals surface area contributed by atoms with Gasteiger partial charge in [0, 0.05) is 25.2 Å². The number of nitrogens with zero attached hydrogens (tertiary/aromatic N) is 1. The smallest absolute Gasteiger partial charge is 0.0240 e. The summed E-state index contributed by atoms with van der Waals surface area (Å²) in [6.07, 6.45) is 10.1. The van der Waals surface area contributed by atoms with Gasteiger partial charge in [-0.3, -0.25) is 0 Å². The minimum absolute atomic E-state index is 0.715. The Kier molecular flexibility index (Phi) is 5.50. The molecule has 0 heterocycles. The number of rotatable bonds is 7. The van der Waals surface area contributed by atoms with E-state index < -0.39 is 0 Å². The first-order chi connectivity index (χ1) is 8.66. The minimum Gasteiger partial charge on any atom is -0.312 e. The highest BCUT2D eigenvalue weighted by Gasteiger charge is 2.26. The summed E-state index contributed by atoms with van der Waals surface area (Å²) in [5, 5.41) is 3.71. The molecule has 18 heavy (non-hydrogen) atoms. The van der Waals surface area contributed by atoms with E-state index in [1.54, 1.807) is 0 Å². The zero-order chi connectivity index (χ0) is 13.0. The maximum Gasteiger partial charge on any atom is 0.0240 e. The van der Waals surface area contributed by atoms with E-state index in [1.807, 2.05) is 0 Å². The average molecular weight is 252 g/mol. The fraction of sp³-hybridized carbons (Fsp3) is 1.00. The lowest BCUT2D eigenvalue weighted by atomic mass is 9.88. The molecule has 0 saturated heterocycles. The number of hydrogen-bond acceptors (Lipinski definition) is 2. The van der Waals surface area contributed by atoms with E-state index in [0.29, 0.717) is 6.04 Å². The molecule has 0 bridgehead atoms. The largest absolute Gasteiger partial charge is 0.312 e. The zero-order valence-corrected chi connectivity index (χ0v) is 12.6. The van der Waals surface area contributed by atoms with Crippen LogP contribution in [0.2, 0.25) is 0 Å². The van der Waals surface area contributed by atoms with Crippen LogP contribution in [0.4, 0.5) is 0 Å². The van der Waals surface area contributed by atoms with Crippen molar-refractivity contribution in [1.29, 1.82) is 0 Å². The molecular weight excluding hydrogens is 220 g/mol. The molecule has 0 aromatic heterocycles. The Morgan fingerprint density at radius 2 is 1.72 bits per heavy atom. The molecule has 2 fully saturated rings. The highest BCUT2D eigenvalue weighted by molar-refractivity contribution is 4.85. The minimum atomic E-state index is 0.715. The van der Waals surface area contributed by atoms with Gasteiger partial charge in [-0.2, -0.15) is 0 Å². The number of nitrogens with one attached hydrogen (secondary N) is 1. The molecule has 2 nitrogen and oxygen atoms in total. The second-order valence-electron chi connectivity index (χ2n) is 6.94. The van der Waals surface area contributed by atoms with E-state index in [2.05, 4.69) is 31.1 Å². The summed E-state index contributed by atoms with van der Waals surface area (Å²) in [5.41, 5.74) is 0. The van der Waals surface area contributed by atoms with Gasteiger partial charge >= 0.3 is 0 Å².